The molecule has 0 radical (unpaired) electrons. The van der Waals surface area contributed by atoms with Crippen LogP contribution in [0, 0.1) is 6.92 Å². The summed E-state index contributed by atoms with van der Waals surface area (Å²) in [7, 11) is 0. The third-order valence-corrected chi connectivity index (χ3v) is 4.29. The van der Waals surface area contributed by atoms with E-state index < -0.39 is 11.5 Å². The van der Waals surface area contributed by atoms with Crippen LogP contribution in [0.5, 0.6) is 0 Å². The maximum Gasteiger partial charge on any atom is 0.282 e. The molecule has 4 heteroatoms. The van der Waals surface area contributed by atoms with Crippen molar-refractivity contribution in [1.29, 1.82) is 0 Å². The van der Waals surface area contributed by atoms with Crippen molar-refractivity contribution in [3.8, 4) is 0 Å². The Hall–Kier alpha value is -2.95. The molecule has 0 aliphatic rings. The Balaban J connectivity index is 2.12. The van der Waals surface area contributed by atoms with Gasteiger partial charge in [0.2, 0.25) is 0 Å². The molecule has 3 N–H and O–H groups in total. The number of hydrazine groups is 1. The highest BCUT2D eigenvalue weighted by Crippen LogP contribution is 2.33. The molecular weight excluding hydrogens is 312 g/mol. The van der Waals surface area contributed by atoms with Crippen molar-refractivity contribution in [3.05, 3.63) is 102 Å². The molecule has 3 rings (SSSR count). The van der Waals surface area contributed by atoms with Crippen molar-refractivity contribution in [2.45, 2.75) is 12.5 Å². The van der Waals surface area contributed by atoms with Gasteiger partial charge in [0.1, 0.15) is 0 Å². The normalized spacial score (nSPS) is 11.2. The fourth-order valence-corrected chi connectivity index (χ4v) is 2.89. The van der Waals surface area contributed by atoms with Gasteiger partial charge in [-0.2, -0.15) is 0 Å². The zero-order valence-electron chi connectivity index (χ0n) is 14.0. The summed E-state index contributed by atoms with van der Waals surface area (Å²) in [6, 6.07) is 25.0. The summed E-state index contributed by atoms with van der Waals surface area (Å²) in [5, 5.41) is 12.5. The molecule has 0 spiro atoms. The van der Waals surface area contributed by atoms with Gasteiger partial charge in [0.25, 0.3) is 5.91 Å². The van der Waals surface area contributed by atoms with Gasteiger partial charge in [-0.1, -0.05) is 78.9 Å². The van der Waals surface area contributed by atoms with Gasteiger partial charge in [-0.3, -0.25) is 4.79 Å². The van der Waals surface area contributed by atoms with Gasteiger partial charge in [-0.25, -0.2) is 10.9 Å². The molecule has 0 saturated carbocycles. The number of aliphatic hydroxyl groups is 1. The minimum Gasteiger partial charge on any atom is -0.372 e. The topological polar surface area (TPSA) is 66.6 Å². The maximum absolute atomic E-state index is 13.3. The van der Waals surface area contributed by atoms with Gasteiger partial charge < -0.3 is 5.11 Å². The Kier molecular flexibility index (Phi) is 4.65. The molecule has 0 aromatic heterocycles. The van der Waals surface area contributed by atoms with Crippen molar-refractivity contribution in [2.24, 2.45) is 5.84 Å². The molecule has 25 heavy (non-hydrogen) atoms. The lowest BCUT2D eigenvalue weighted by atomic mass is 9.85. The standard InChI is InChI=1S/C21H20N2O2/c1-16-10-8-9-15-19(16)23(22)20(24)21(25,17-11-4-2-5-12-17)18-13-6-3-7-14-18/h2-15,25H,22H2,1H3. The van der Waals surface area contributed by atoms with E-state index in [0.29, 0.717) is 16.8 Å². The highest BCUT2D eigenvalue weighted by molar-refractivity contribution is 6.01. The van der Waals surface area contributed by atoms with Crippen molar-refractivity contribution < 1.29 is 9.90 Å². The lowest BCUT2D eigenvalue weighted by Gasteiger charge is -2.32. The van der Waals surface area contributed by atoms with Crippen LogP contribution in [0.3, 0.4) is 0 Å². The first-order valence-electron chi connectivity index (χ1n) is 8.03. The number of hydrogen-bond donors (Lipinski definition) is 2. The summed E-state index contributed by atoms with van der Waals surface area (Å²) in [5.74, 6) is 5.51. The zero-order valence-corrected chi connectivity index (χ0v) is 14.0. The Labute approximate surface area is 147 Å². The van der Waals surface area contributed by atoms with E-state index in [1.54, 1.807) is 60.7 Å². The molecule has 0 heterocycles. The molecule has 0 saturated heterocycles. The van der Waals surface area contributed by atoms with Crippen molar-refractivity contribution >= 4 is 11.6 Å². The van der Waals surface area contributed by atoms with E-state index >= 15 is 0 Å². The molecule has 0 bridgehead atoms. The first-order valence-corrected chi connectivity index (χ1v) is 8.03. The number of nitrogens with two attached hydrogens (primary N) is 1. The molecule has 0 fully saturated rings. The number of amides is 1. The fraction of sp³-hybridized carbons (Fsp3) is 0.0952. The van der Waals surface area contributed by atoms with Gasteiger partial charge in [0, 0.05) is 0 Å². The van der Waals surface area contributed by atoms with Gasteiger partial charge in [0.15, 0.2) is 5.60 Å². The molecule has 0 unspecified atom stereocenters. The van der Waals surface area contributed by atoms with Gasteiger partial charge >= 0.3 is 0 Å². The fourth-order valence-electron chi connectivity index (χ4n) is 2.89. The van der Waals surface area contributed by atoms with Crippen LogP contribution in [-0.4, -0.2) is 11.0 Å². The van der Waals surface area contributed by atoms with E-state index in [2.05, 4.69) is 0 Å². The number of anilines is 1. The second-order valence-corrected chi connectivity index (χ2v) is 5.90. The molecular formula is C21H20N2O2. The molecule has 126 valence electrons. The average Bonchev–Trinajstić information content (AvgIpc) is 2.68. The first kappa shape index (κ1) is 16.9. The summed E-state index contributed by atoms with van der Waals surface area (Å²) in [4.78, 5) is 13.3. The second kappa shape index (κ2) is 6.89. The van der Waals surface area contributed by atoms with Crippen LogP contribution in [0.2, 0.25) is 0 Å². The van der Waals surface area contributed by atoms with E-state index in [-0.39, 0.29) is 0 Å². The largest absolute Gasteiger partial charge is 0.372 e. The number of carbonyl (C=O) groups excluding carboxylic acids is 1. The number of hydrogen-bond acceptors (Lipinski definition) is 3. The number of aryl methyl sites for hydroxylation is 1. The first-order chi connectivity index (χ1) is 12.0. The highest BCUT2D eigenvalue weighted by atomic mass is 16.3. The Morgan fingerprint density at radius 1 is 0.840 bits per heavy atom. The Morgan fingerprint density at radius 3 is 1.76 bits per heavy atom. The second-order valence-electron chi connectivity index (χ2n) is 5.90. The van der Waals surface area contributed by atoms with Crippen LogP contribution >= 0.6 is 0 Å². The minimum atomic E-state index is -1.88. The van der Waals surface area contributed by atoms with E-state index in [4.69, 9.17) is 5.84 Å². The maximum atomic E-state index is 13.3. The molecule has 0 aliphatic heterocycles. The molecule has 0 aliphatic carbocycles. The van der Waals surface area contributed by atoms with Gasteiger partial charge in [-0.05, 0) is 29.7 Å². The smallest absolute Gasteiger partial charge is 0.282 e. The van der Waals surface area contributed by atoms with E-state index in [9.17, 15) is 9.90 Å². The average molecular weight is 332 g/mol. The number of para-hydroxylation sites is 1. The zero-order chi connectivity index (χ0) is 17.9. The molecule has 0 atom stereocenters. The summed E-state index contributed by atoms with van der Waals surface area (Å²) in [6.45, 7) is 1.87. The van der Waals surface area contributed by atoms with Crippen molar-refractivity contribution in [1.82, 2.24) is 0 Å². The van der Waals surface area contributed by atoms with Crippen LogP contribution < -0.4 is 10.9 Å². The van der Waals surface area contributed by atoms with Crippen LogP contribution in [0.25, 0.3) is 0 Å². The van der Waals surface area contributed by atoms with E-state index in [0.717, 1.165) is 10.6 Å². The predicted molar refractivity (Wildman–Crippen MR) is 98.7 cm³/mol. The Morgan fingerprint density at radius 2 is 1.28 bits per heavy atom. The van der Waals surface area contributed by atoms with Gasteiger partial charge in [-0.15, -0.1) is 0 Å². The highest BCUT2D eigenvalue weighted by Gasteiger charge is 2.42. The van der Waals surface area contributed by atoms with Crippen LogP contribution in [-0.2, 0) is 10.4 Å². The number of nitrogens with zero attached hydrogens (tertiary/aromatic N) is 1. The number of benzene rings is 3. The minimum absolute atomic E-state index is 0.468. The lowest BCUT2D eigenvalue weighted by Crippen LogP contribution is -2.51. The summed E-state index contributed by atoms with van der Waals surface area (Å²) < 4.78 is 0. The lowest BCUT2D eigenvalue weighted by molar-refractivity contribution is -0.133. The third-order valence-electron chi connectivity index (χ3n) is 4.29. The summed E-state index contributed by atoms with van der Waals surface area (Å²) >= 11 is 0. The molecule has 3 aromatic carbocycles. The van der Waals surface area contributed by atoms with Crippen molar-refractivity contribution in [2.75, 3.05) is 5.01 Å². The van der Waals surface area contributed by atoms with Crippen LogP contribution in [0.1, 0.15) is 16.7 Å². The SMILES string of the molecule is Cc1ccccc1N(N)C(=O)C(O)(c1ccccc1)c1ccccc1. The predicted octanol–water partition coefficient (Wildman–Crippen LogP) is 3.14. The van der Waals surface area contributed by atoms with Gasteiger partial charge in [0.05, 0.1) is 5.69 Å². The quantitative estimate of drug-likeness (QED) is 0.438. The van der Waals surface area contributed by atoms with E-state index in [1.165, 1.54) is 0 Å². The monoisotopic (exact) mass is 332 g/mol. The summed E-state index contributed by atoms with van der Waals surface area (Å²) in [6.07, 6.45) is 0. The van der Waals surface area contributed by atoms with Crippen LogP contribution in [0.4, 0.5) is 5.69 Å². The third kappa shape index (κ3) is 3.05. The Bertz CT molecular complexity index is 824. The number of rotatable bonds is 4. The number of carbonyl (C=O) groups is 1. The van der Waals surface area contributed by atoms with Crippen LogP contribution in [0.15, 0.2) is 84.9 Å². The van der Waals surface area contributed by atoms with E-state index in [1.807, 2.05) is 31.2 Å². The summed E-state index contributed by atoms with van der Waals surface area (Å²) in [5.41, 5.74) is 0.463. The molecule has 3 aromatic rings. The molecule has 1 amide bonds. The van der Waals surface area contributed by atoms with Crippen molar-refractivity contribution in [3.63, 3.8) is 0 Å². The molecule has 4 nitrogen and oxygen atoms in total.